The van der Waals surface area contributed by atoms with Crippen LogP contribution in [0.2, 0.25) is 0 Å². The number of nitrogens with one attached hydrogen (secondary N) is 1. The fourth-order valence-electron chi connectivity index (χ4n) is 3.92. The van der Waals surface area contributed by atoms with E-state index in [9.17, 15) is 4.79 Å². The number of nitrogens with zero attached hydrogens (tertiary/aromatic N) is 5. The highest BCUT2D eigenvalue weighted by Crippen LogP contribution is 2.40. The number of carbonyl (C=O) groups is 1. The van der Waals surface area contributed by atoms with Crippen molar-refractivity contribution in [3.8, 4) is 0 Å². The number of aryl methyl sites for hydroxylation is 2. The highest BCUT2D eigenvalue weighted by atomic mass is 32.2. The van der Waals surface area contributed by atoms with Crippen LogP contribution in [0.1, 0.15) is 22.4 Å². The topological polar surface area (TPSA) is 85.1 Å². The summed E-state index contributed by atoms with van der Waals surface area (Å²) in [6.07, 6.45) is 5.03. The van der Waals surface area contributed by atoms with Crippen LogP contribution >= 0.6 is 46.2 Å². The van der Waals surface area contributed by atoms with Crippen LogP contribution in [0, 0.1) is 0 Å². The number of thioether (sulfide) groups is 2. The maximum absolute atomic E-state index is 12.4. The van der Waals surface area contributed by atoms with Gasteiger partial charge in [0.2, 0.25) is 5.91 Å². The van der Waals surface area contributed by atoms with Gasteiger partial charge in [0.1, 0.15) is 4.83 Å². The van der Waals surface area contributed by atoms with Crippen LogP contribution in [0.3, 0.4) is 0 Å². The summed E-state index contributed by atoms with van der Waals surface area (Å²) in [5, 5.41) is 17.0. The number of carbonyl (C=O) groups excluding carboxylic acids is 1. The third kappa shape index (κ3) is 4.14. The van der Waals surface area contributed by atoms with Crippen LogP contribution in [-0.2, 0) is 23.4 Å². The molecule has 6 rings (SSSR count). The molecule has 11 heteroatoms. The predicted molar refractivity (Wildman–Crippen MR) is 136 cm³/mol. The third-order valence-electron chi connectivity index (χ3n) is 5.37. The van der Waals surface area contributed by atoms with Gasteiger partial charge in [-0.15, -0.1) is 32.9 Å². The minimum absolute atomic E-state index is 0.115. The molecule has 0 spiro atoms. The first-order valence-corrected chi connectivity index (χ1v) is 14.1. The van der Waals surface area contributed by atoms with Gasteiger partial charge in [-0.2, -0.15) is 0 Å². The summed E-state index contributed by atoms with van der Waals surface area (Å²) in [5.74, 6) is 0.908. The molecule has 0 saturated carbocycles. The van der Waals surface area contributed by atoms with Gasteiger partial charge in [0.25, 0.3) is 0 Å². The Morgan fingerprint density at radius 3 is 2.88 bits per heavy atom. The van der Waals surface area contributed by atoms with E-state index in [-0.39, 0.29) is 11.7 Å². The van der Waals surface area contributed by atoms with E-state index in [0.717, 1.165) is 39.6 Å². The van der Waals surface area contributed by atoms with Crippen molar-refractivity contribution in [2.24, 2.45) is 0 Å². The molecule has 1 aromatic carbocycles. The number of thiazole rings is 1. The number of benzene rings is 1. The Morgan fingerprint density at radius 2 is 2.03 bits per heavy atom. The van der Waals surface area contributed by atoms with E-state index in [4.69, 9.17) is 4.98 Å². The first kappa shape index (κ1) is 21.1. The van der Waals surface area contributed by atoms with Crippen LogP contribution in [0.5, 0.6) is 0 Å². The molecule has 1 aliphatic rings. The Hall–Kier alpha value is -2.47. The van der Waals surface area contributed by atoms with E-state index in [1.54, 1.807) is 29.3 Å². The quantitative estimate of drug-likeness (QED) is 0.235. The summed E-state index contributed by atoms with van der Waals surface area (Å²) >= 11 is 6.23. The van der Waals surface area contributed by atoms with Gasteiger partial charge in [0, 0.05) is 22.2 Å². The molecule has 0 fully saturated rings. The van der Waals surface area contributed by atoms with Crippen LogP contribution in [0.15, 0.2) is 52.2 Å². The lowest BCUT2D eigenvalue weighted by atomic mass is 10.2. The zero-order chi connectivity index (χ0) is 22.2. The minimum Gasteiger partial charge on any atom is -0.301 e. The Kier molecular flexibility index (Phi) is 5.78. The van der Waals surface area contributed by atoms with E-state index in [1.165, 1.54) is 45.5 Å². The fraction of sp³-hybridized carbons (Fsp3) is 0.227. The summed E-state index contributed by atoms with van der Waals surface area (Å²) in [5.41, 5.74) is 3.45. The third-order valence-corrected chi connectivity index (χ3v) is 9.18. The standard InChI is InChI=1S/C22H18N6OS4/c29-16(24-20-23-9-10-30-20)12-32-22-27-26-18-17-14-7-4-8-15(14)33-19(17)25-21(28(18)22)31-11-13-5-2-1-3-6-13/h1-3,5-6,9-10H,4,7-8,11-12H2,(H,23,24,29). The molecule has 1 N–H and O–H groups in total. The number of anilines is 1. The number of thiophene rings is 1. The molecule has 0 atom stereocenters. The predicted octanol–water partition coefficient (Wildman–Crippen LogP) is 5.31. The normalized spacial score (nSPS) is 13.1. The van der Waals surface area contributed by atoms with Gasteiger partial charge in [0.15, 0.2) is 21.1 Å². The average molecular weight is 511 g/mol. The second-order valence-corrected chi connectivity index (χ2v) is 11.4. The van der Waals surface area contributed by atoms with Crippen molar-refractivity contribution in [2.75, 3.05) is 11.1 Å². The maximum atomic E-state index is 12.4. The Morgan fingerprint density at radius 1 is 1.12 bits per heavy atom. The van der Waals surface area contributed by atoms with Crippen molar-refractivity contribution in [3.05, 3.63) is 57.9 Å². The molecule has 0 radical (unpaired) electrons. The van der Waals surface area contributed by atoms with E-state index in [2.05, 4.69) is 32.6 Å². The van der Waals surface area contributed by atoms with Gasteiger partial charge in [0.05, 0.1) is 11.1 Å². The minimum atomic E-state index is -0.115. The molecular formula is C22H18N6OS4. The first-order chi connectivity index (χ1) is 16.3. The Labute approximate surface area is 206 Å². The van der Waals surface area contributed by atoms with Crippen molar-refractivity contribution >= 4 is 73.1 Å². The maximum Gasteiger partial charge on any atom is 0.236 e. The lowest BCUT2D eigenvalue weighted by Crippen LogP contribution is -2.14. The van der Waals surface area contributed by atoms with Gasteiger partial charge in [-0.3, -0.25) is 4.79 Å². The lowest BCUT2D eigenvalue weighted by Gasteiger charge is -2.08. The number of hydrogen-bond acceptors (Lipinski definition) is 9. The second-order valence-electron chi connectivity index (χ2n) is 7.52. The van der Waals surface area contributed by atoms with Crippen LogP contribution in [0.4, 0.5) is 5.13 Å². The van der Waals surface area contributed by atoms with Gasteiger partial charge in [-0.1, -0.05) is 53.9 Å². The van der Waals surface area contributed by atoms with Crippen LogP contribution in [0.25, 0.3) is 15.9 Å². The molecule has 4 heterocycles. The monoisotopic (exact) mass is 510 g/mol. The summed E-state index contributed by atoms with van der Waals surface area (Å²) in [4.78, 5) is 24.0. The van der Waals surface area contributed by atoms with Crippen molar-refractivity contribution in [1.82, 2.24) is 24.6 Å². The summed E-state index contributed by atoms with van der Waals surface area (Å²) in [6.45, 7) is 0. The Balaban J connectivity index is 1.35. The zero-order valence-electron chi connectivity index (χ0n) is 17.4. The van der Waals surface area contributed by atoms with E-state index >= 15 is 0 Å². The zero-order valence-corrected chi connectivity index (χ0v) is 20.6. The van der Waals surface area contributed by atoms with Gasteiger partial charge < -0.3 is 5.32 Å². The van der Waals surface area contributed by atoms with Crippen LogP contribution < -0.4 is 5.32 Å². The molecule has 0 unspecified atom stereocenters. The highest BCUT2D eigenvalue weighted by molar-refractivity contribution is 8.00. The average Bonchev–Trinajstić information content (AvgIpc) is 3.61. The fourth-order valence-corrected chi connectivity index (χ4v) is 7.52. The smallest absolute Gasteiger partial charge is 0.236 e. The summed E-state index contributed by atoms with van der Waals surface area (Å²) in [7, 11) is 0. The molecule has 4 aromatic heterocycles. The number of hydrogen-bond donors (Lipinski definition) is 1. The number of fused-ring (bicyclic) bond motifs is 5. The molecule has 0 saturated heterocycles. The Bertz CT molecular complexity index is 1440. The van der Waals surface area contributed by atoms with E-state index < -0.39 is 0 Å². The van der Waals surface area contributed by atoms with Crippen molar-refractivity contribution in [3.63, 3.8) is 0 Å². The van der Waals surface area contributed by atoms with Crippen molar-refractivity contribution < 1.29 is 4.79 Å². The van der Waals surface area contributed by atoms with E-state index in [0.29, 0.717) is 10.3 Å². The molecule has 0 bridgehead atoms. The largest absolute Gasteiger partial charge is 0.301 e. The van der Waals surface area contributed by atoms with E-state index in [1.807, 2.05) is 28.0 Å². The summed E-state index contributed by atoms with van der Waals surface area (Å²) in [6, 6.07) is 10.4. The number of aromatic nitrogens is 5. The van der Waals surface area contributed by atoms with Crippen LogP contribution in [-0.4, -0.2) is 36.2 Å². The lowest BCUT2D eigenvalue weighted by molar-refractivity contribution is -0.113. The van der Waals surface area contributed by atoms with Gasteiger partial charge in [-0.05, 0) is 30.4 Å². The number of rotatable bonds is 7. The van der Waals surface area contributed by atoms with Crippen molar-refractivity contribution in [2.45, 2.75) is 35.3 Å². The SMILES string of the molecule is O=C(CSc1nnc2c3c4c(sc3nc(SCc3ccccc3)n12)CCC4)Nc1nccs1. The molecule has 166 valence electrons. The molecule has 5 aromatic rings. The van der Waals surface area contributed by atoms with Gasteiger partial charge in [-0.25, -0.2) is 14.4 Å². The first-order valence-electron chi connectivity index (χ1n) is 10.4. The summed E-state index contributed by atoms with van der Waals surface area (Å²) < 4.78 is 2.03. The molecule has 0 aliphatic heterocycles. The molecule has 33 heavy (non-hydrogen) atoms. The molecule has 1 amide bonds. The van der Waals surface area contributed by atoms with Gasteiger partial charge >= 0.3 is 0 Å². The van der Waals surface area contributed by atoms with Crippen molar-refractivity contribution in [1.29, 1.82) is 0 Å². The number of amides is 1. The molecule has 1 aliphatic carbocycles. The highest BCUT2D eigenvalue weighted by Gasteiger charge is 2.25. The second kappa shape index (κ2) is 9.05. The molecular weight excluding hydrogens is 493 g/mol. The molecule has 7 nitrogen and oxygen atoms in total.